The van der Waals surface area contributed by atoms with Gasteiger partial charge in [-0.2, -0.15) is 0 Å². The first kappa shape index (κ1) is 93.3. The lowest BCUT2D eigenvalue weighted by Crippen LogP contribution is -2.32. The summed E-state index contributed by atoms with van der Waals surface area (Å²) in [6.45, 7) is 31.0. The number of esters is 2. The molecular formula is C101H123NO12S2. The zero-order valence-corrected chi connectivity index (χ0v) is 72.2. The highest BCUT2D eigenvalue weighted by molar-refractivity contribution is 8.13. The number of pyridine rings is 1. The Morgan fingerprint density at radius 1 is 0.483 bits per heavy atom. The third-order valence-corrected chi connectivity index (χ3v) is 22.8. The number of carbonyl (C=O) groups excluding carboxylic acids is 3. The first-order chi connectivity index (χ1) is 56.0. The molecule has 8 unspecified atom stereocenters. The normalized spacial score (nSPS) is 14.0. The fourth-order valence-electron chi connectivity index (χ4n) is 11.7. The highest BCUT2D eigenvalue weighted by Crippen LogP contribution is 2.32. The zero-order chi connectivity index (χ0) is 83.6. The number of hydrogen-bond acceptors (Lipinski definition) is 15. The minimum Gasteiger partial charge on any atom is -0.508 e. The largest absolute Gasteiger partial charge is 0.508 e. The molecule has 2 heterocycles. The van der Waals surface area contributed by atoms with Crippen LogP contribution in [0.25, 0.3) is 21.7 Å². The summed E-state index contributed by atoms with van der Waals surface area (Å²) in [4.78, 5) is 39.8. The number of cyclic esters (lactones) is 1. The number of phenols is 2. The van der Waals surface area contributed by atoms with Gasteiger partial charge in [0, 0.05) is 23.6 Å². The fourth-order valence-corrected chi connectivity index (χ4v) is 13.2. The molecule has 0 amide bonds. The summed E-state index contributed by atoms with van der Waals surface area (Å²) in [5.41, 5.74) is 10.4. The second kappa shape index (κ2) is 50.6. The number of ether oxygens (including phenoxy) is 7. The monoisotopic (exact) mass is 1610 g/mol. The van der Waals surface area contributed by atoms with Crippen LogP contribution >= 0.6 is 23.5 Å². The summed E-state index contributed by atoms with van der Waals surface area (Å²) in [7, 11) is 0. The molecule has 1 fully saturated rings. The number of hydrogen-bond donors (Lipinski definition) is 2. The van der Waals surface area contributed by atoms with Gasteiger partial charge < -0.3 is 43.4 Å². The lowest BCUT2D eigenvalue weighted by atomic mass is 9.90. The highest BCUT2D eigenvalue weighted by Gasteiger charge is 2.35. The smallest absolute Gasteiger partial charge is 0.347 e. The van der Waals surface area contributed by atoms with Gasteiger partial charge in [0.05, 0.1) is 48.0 Å². The molecule has 0 bridgehead atoms. The minimum absolute atomic E-state index is 0.0670. The van der Waals surface area contributed by atoms with E-state index >= 15 is 0 Å². The maximum atomic E-state index is 11.6. The van der Waals surface area contributed by atoms with Crippen molar-refractivity contribution in [3.63, 3.8) is 0 Å². The standard InChI is InChI=1S/C29H30O2S.C22H28O3S.C20H21NO.C10H16O4.2C10H14O/c1-3-22(2)24-16-18-26(19-17-24)31-29(30-20-23-10-5-4-6-11-23)21-32-28-15-9-13-25-12-7-8-14-27(25)28;1-4-17(2)20-10-12-21(13-11-20)25-22(16-26-18(3)23)24-15-14-19-8-6-5-7-9-19;1-3-15(2)16-9-12-19(13-10-16)22-14-18-11-8-17-6-4-5-7-20(17)21-18;1-4-10(2,3)9(12)14-7-5-6-13-8(7)11;2*1-3-8(2)9-4-6-10(11)7-5-9/h4-19,22,29H,3,20-21H2,1-2H3;5-13,17,22H,4,14-16H2,1-3H3;4-13,15H,3,14H2,1-2H3;7H,4-6H2,1-3H3;2*4-8,11H,3H2,1-2H3. The van der Waals surface area contributed by atoms with E-state index in [0.29, 0.717) is 91.9 Å². The van der Waals surface area contributed by atoms with Crippen LogP contribution in [0.1, 0.15) is 216 Å². The second-order valence-corrected chi connectivity index (χ2v) is 32.2. The van der Waals surface area contributed by atoms with Gasteiger partial charge in [0.15, 0.2) is 5.12 Å². The molecule has 13 nitrogen and oxygen atoms in total. The summed E-state index contributed by atoms with van der Waals surface area (Å²) in [5, 5.41) is 21.8. The van der Waals surface area contributed by atoms with Gasteiger partial charge in [0.1, 0.15) is 35.4 Å². The number of nitrogens with zero attached hydrogens (tertiary/aromatic N) is 1. The molecule has 1 aliphatic rings. The molecule has 0 radical (unpaired) electrons. The van der Waals surface area contributed by atoms with Crippen molar-refractivity contribution in [1.29, 1.82) is 0 Å². The number of phenolic OH excluding ortho intramolecular Hbond substituents is 2. The summed E-state index contributed by atoms with van der Waals surface area (Å²) < 4.78 is 40.0. The average molecular weight is 1610 g/mol. The lowest BCUT2D eigenvalue weighted by Gasteiger charge is -2.21. The van der Waals surface area contributed by atoms with Gasteiger partial charge >= 0.3 is 11.9 Å². The van der Waals surface area contributed by atoms with Crippen molar-refractivity contribution in [2.45, 2.75) is 215 Å². The maximum Gasteiger partial charge on any atom is 0.347 e. The van der Waals surface area contributed by atoms with E-state index in [1.54, 1.807) is 56.8 Å². The van der Waals surface area contributed by atoms with E-state index < -0.39 is 23.8 Å². The van der Waals surface area contributed by atoms with Crippen LogP contribution in [0.5, 0.6) is 28.7 Å². The van der Waals surface area contributed by atoms with E-state index in [-0.39, 0.29) is 17.4 Å². The van der Waals surface area contributed by atoms with E-state index in [1.165, 1.54) is 60.8 Å². The average Bonchev–Trinajstić information content (AvgIpc) is 0.890. The Hall–Kier alpha value is -9.90. The van der Waals surface area contributed by atoms with E-state index in [4.69, 9.17) is 43.4 Å². The van der Waals surface area contributed by atoms with Crippen molar-refractivity contribution in [3.05, 3.63) is 305 Å². The molecule has 8 atom stereocenters. The second-order valence-electron chi connectivity index (χ2n) is 29.9. The van der Waals surface area contributed by atoms with Gasteiger partial charge in [-0.1, -0.05) is 270 Å². The Morgan fingerprint density at radius 3 is 1.40 bits per heavy atom. The SMILES string of the molecule is CCC(C)(C)C(=O)OC1CCOC1=O.CCC(C)c1ccc(O)cc1.CCC(C)c1ccc(O)cc1.CCC(C)c1ccc(OC(CSC(C)=O)OCCc2ccccc2)cc1.CCC(C)c1ccc(OC(CSc2cccc3ccccc23)OCc2ccccc2)cc1.CCC(C)c1ccc(OCc2ccc3ccccc3n2)cc1. The molecule has 616 valence electrons. The molecule has 1 saturated heterocycles. The van der Waals surface area contributed by atoms with E-state index in [0.717, 1.165) is 77.9 Å². The molecule has 11 aromatic rings. The van der Waals surface area contributed by atoms with Gasteiger partial charge in [-0.3, -0.25) is 9.59 Å². The predicted octanol–water partition coefficient (Wildman–Crippen LogP) is 25.9. The van der Waals surface area contributed by atoms with Crippen LogP contribution < -0.4 is 14.2 Å². The number of rotatable bonds is 32. The van der Waals surface area contributed by atoms with Crippen molar-refractivity contribution in [2.75, 3.05) is 24.7 Å². The first-order valence-electron chi connectivity index (χ1n) is 41.1. The van der Waals surface area contributed by atoms with Crippen molar-refractivity contribution >= 4 is 62.3 Å². The number of carbonyl (C=O) groups is 3. The van der Waals surface area contributed by atoms with Crippen LogP contribution in [-0.4, -0.2) is 75.7 Å². The molecular weight excluding hydrogens is 1480 g/mol. The Kier molecular flexibility index (Phi) is 40.6. The summed E-state index contributed by atoms with van der Waals surface area (Å²) in [6.07, 6.45) is 6.18. The molecule has 0 saturated carbocycles. The molecule has 10 aromatic carbocycles. The number of fused-ring (bicyclic) bond motifs is 2. The topological polar surface area (TPSA) is 169 Å². The molecule has 12 rings (SSSR count). The van der Waals surface area contributed by atoms with Gasteiger partial charge in [0.25, 0.3) is 0 Å². The van der Waals surface area contributed by atoms with Crippen molar-refractivity contribution in [3.8, 4) is 28.7 Å². The summed E-state index contributed by atoms with van der Waals surface area (Å²) >= 11 is 3.00. The van der Waals surface area contributed by atoms with Crippen molar-refractivity contribution in [1.82, 2.24) is 4.98 Å². The van der Waals surface area contributed by atoms with E-state index in [1.807, 2.05) is 116 Å². The van der Waals surface area contributed by atoms with Crippen LogP contribution in [0.2, 0.25) is 0 Å². The highest BCUT2D eigenvalue weighted by atomic mass is 32.2. The minimum atomic E-state index is -0.687. The van der Waals surface area contributed by atoms with Crippen LogP contribution in [0.4, 0.5) is 0 Å². The Labute approximate surface area is 699 Å². The molecule has 15 heteroatoms. The van der Waals surface area contributed by atoms with E-state index in [2.05, 4.69) is 202 Å². The molecule has 2 N–H and O–H groups in total. The van der Waals surface area contributed by atoms with Gasteiger partial charge in [-0.05, 0) is 217 Å². The van der Waals surface area contributed by atoms with E-state index in [9.17, 15) is 14.4 Å². The third-order valence-electron chi connectivity index (χ3n) is 20.8. The molecule has 116 heavy (non-hydrogen) atoms. The number of thioether (sulfide) groups is 2. The Morgan fingerprint density at radius 2 is 0.922 bits per heavy atom. The Balaban J connectivity index is 0.000000201. The number of aromatic nitrogens is 1. The molecule has 0 spiro atoms. The van der Waals surface area contributed by atoms with Crippen molar-refractivity contribution < 1.29 is 57.8 Å². The number of benzene rings is 10. The predicted molar refractivity (Wildman–Crippen MR) is 479 cm³/mol. The van der Waals surface area contributed by atoms with Gasteiger partial charge in [-0.15, -0.1) is 11.8 Å². The molecule has 0 aliphatic carbocycles. The van der Waals surface area contributed by atoms with Crippen LogP contribution in [0.3, 0.4) is 0 Å². The summed E-state index contributed by atoms with van der Waals surface area (Å²) in [5.74, 6) is 6.49. The maximum absolute atomic E-state index is 11.6. The van der Waals surface area contributed by atoms with Gasteiger partial charge in [0.2, 0.25) is 18.7 Å². The van der Waals surface area contributed by atoms with Crippen LogP contribution in [0, 0.1) is 5.41 Å². The fraction of sp³-hybridized carbons (Fsp3) is 0.366. The molecule has 1 aliphatic heterocycles. The van der Waals surface area contributed by atoms with Crippen LogP contribution in [-0.2, 0) is 53.0 Å². The summed E-state index contributed by atoms with van der Waals surface area (Å²) in [6, 6.07) is 87.5. The van der Waals surface area contributed by atoms with Crippen LogP contribution in [0.15, 0.2) is 266 Å². The first-order valence-corrected chi connectivity index (χ1v) is 43.1. The number of aromatic hydroxyl groups is 2. The zero-order valence-electron chi connectivity index (χ0n) is 70.6. The van der Waals surface area contributed by atoms with Gasteiger partial charge in [-0.25, -0.2) is 9.78 Å². The Bertz CT molecular complexity index is 4550. The van der Waals surface area contributed by atoms with Crippen molar-refractivity contribution in [2.24, 2.45) is 5.41 Å². The number of para-hydroxylation sites is 1. The lowest BCUT2D eigenvalue weighted by molar-refractivity contribution is -0.167. The quantitative estimate of drug-likeness (QED) is 0.0232. The third kappa shape index (κ3) is 32.6. The molecule has 1 aromatic heterocycles.